The van der Waals surface area contributed by atoms with E-state index >= 15 is 0 Å². The second kappa shape index (κ2) is 7.15. The Morgan fingerprint density at radius 2 is 1.68 bits per heavy atom. The van der Waals surface area contributed by atoms with Crippen LogP contribution in [-0.4, -0.2) is 19.7 Å². The third kappa shape index (κ3) is 3.51. The molecule has 0 fully saturated rings. The first-order chi connectivity index (χ1) is 12.4. The topological polar surface area (TPSA) is 55.7 Å². The van der Waals surface area contributed by atoms with Crippen LogP contribution in [0.1, 0.15) is 11.4 Å². The standard InChI is InChI=1S/C20H18N4O/c1-3-7-16(8-4-1)20-17(14-25-15-19-21-11-12-22-19)13-24(23-20)18-9-5-2-6-10-18/h1-13H,14-15H2,(H,21,22). The summed E-state index contributed by atoms with van der Waals surface area (Å²) in [5.74, 6) is 0.816. The molecule has 0 spiro atoms. The highest BCUT2D eigenvalue weighted by molar-refractivity contribution is 5.63. The zero-order chi connectivity index (χ0) is 16.9. The van der Waals surface area contributed by atoms with Gasteiger partial charge in [0.1, 0.15) is 12.4 Å². The minimum absolute atomic E-state index is 0.442. The summed E-state index contributed by atoms with van der Waals surface area (Å²) < 4.78 is 7.73. The number of nitrogens with zero attached hydrogens (tertiary/aromatic N) is 3. The van der Waals surface area contributed by atoms with E-state index in [4.69, 9.17) is 9.84 Å². The van der Waals surface area contributed by atoms with Crippen molar-refractivity contribution in [3.05, 3.63) is 90.6 Å². The number of benzene rings is 2. The van der Waals surface area contributed by atoms with Gasteiger partial charge in [-0.15, -0.1) is 0 Å². The van der Waals surface area contributed by atoms with Crippen LogP contribution in [0.5, 0.6) is 0 Å². The van der Waals surface area contributed by atoms with Gasteiger partial charge in [-0.2, -0.15) is 5.10 Å². The van der Waals surface area contributed by atoms with Crippen LogP contribution in [0.25, 0.3) is 16.9 Å². The van der Waals surface area contributed by atoms with E-state index in [2.05, 4.69) is 22.1 Å². The van der Waals surface area contributed by atoms with E-state index in [1.807, 2.05) is 59.4 Å². The molecule has 5 heteroatoms. The minimum Gasteiger partial charge on any atom is -0.369 e. The van der Waals surface area contributed by atoms with Gasteiger partial charge in [-0.1, -0.05) is 48.5 Å². The summed E-state index contributed by atoms with van der Waals surface area (Å²) in [7, 11) is 0. The van der Waals surface area contributed by atoms with E-state index in [9.17, 15) is 0 Å². The van der Waals surface area contributed by atoms with Crippen LogP contribution in [0, 0.1) is 0 Å². The van der Waals surface area contributed by atoms with E-state index in [0.29, 0.717) is 13.2 Å². The average molecular weight is 330 g/mol. The molecule has 0 aliphatic heterocycles. The number of hydrogen-bond acceptors (Lipinski definition) is 3. The van der Waals surface area contributed by atoms with Gasteiger partial charge in [-0.05, 0) is 12.1 Å². The monoisotopic (exact) mass is 330 g/mol. The molecular weight excluding hydrogens is 312 g/mol. The Bertz CT molecular complexity index is 915. The summed E-state index contributed by atoms with van der Waals surface area (Å²) in [6.45, 7) is 0.912. The molecule has 0 amide bonds. The molecule has 5 nitrogen and oxygen atoms in total. The number of ether oxygens (including phenoxy) is 1. The lowest BCUT2D eigenvalue weighted by atomic mass is 10.1. The first-order valence-electron chi connectivity index (χ1n) is 8.15. The zero-order valence-corrected chi connectivity index (χ0v) is 13.7. The molecule has 0 aliphatic carbocycles. The Hall–Kier alpha value is -3.18. The van der Waals surface area contributed by atoms with Gasteiger partial charge < -0.3 is 9.72 Å². The van der Waals surface area contributed by atoms with Crippen molar-refractivity contribution >= 4 is 0 Å². The molecule has 2 heterocycles. The predicted octanol–water partition coefficient (Wildman–Crippen LogP) is 3.98. The van der Waals surface area contributed by atoms with Gasteiger partial charge in [-0.25, -0.2) is 9.67 Å². The van der Waals surface area contributed by atoms with Crippen molar-refractivity contribution in [2.24, 2.45) is 0 Å². The maximum Gasteiger partial charge on any atom is 0.132 e. The molecule has 0 radical (unpaired) electrons. The molecule has 1 N–H and O–H groups in total. The molecular formula is C20H18N4O. The lowest BCUT2D eigenvalue weighted by Gasteiger charge is -2.03. The molecule has 0 aliphatic rings. The number of hydrogen-bond donors (Lipinski definition) is 1. The van der Waals surface area contributed by atoms with Gasteiger partial charge in [0, 0.05) is 29.7 Å². The fraction of sp³-hybridized carbons (Fsp3) is 0.100. The molecule has 124 valence electrons. The first kappa shape index (κ1) is 15.4. The quantitative estimate of drug-likeness (QED) is 0.582. The Balaban J connectivity index is 1.62. The van der Waals surface area contributed by atoms with E-state index in [0.717, 1.165) is 28.3 Å². The predicted molar refractivity (Wildman–Crippen MR) is 96.1 cm³/mol. The maximum atomic E-state index is 5.83. The SMILES string of the molecule is c1ccc(-c2nn(-c3ccccc3)cc2COCc2ncc[nH]2)cc1. The van der Waals surface area contributed by atoms with Gasteiger partial charge in [0.15, 0.2) is 0 Å². The molecule has 2 aromatic heterocycles. The summed E-state index contributed by atoms with van der Waals surface area (Å²) in [6, 6.07) is 20.3. The number of imidazole rings is 1. The molecule has 25 heavy (non-hydrogen) atoms. The third-order valence-electron chi connectivity index (χ3n) is 3.91. The molecule has 2 aromatic carbocycles. The van der Waals surface area contributed by atoms with Crippen LogP contribution in [0.15, 0.2) is 79.3 Å². The zero-order valence-electron chi connectivity index (χ0n) is 13.7. The van der Waals surface area contributed by atoms with E-state index in [1.54, 1.807) is 12.4 Å². The maximum absolute atomic E-state index is 5.83. The van der Waals surface area contributed by atoms with Crippen LogP contribution in [-0.2, 0) is 18.0 Å². The fourth-order valence-corrected chi connectivity index (χ4v) is 2.70. The first-order valence-corrected chi connectivity index (χ1v) is 8.15. The van der Waals surface area contributed by atoms with Crippen LogP contribution in [0.2, 0.25) is 0 Å². The smallest absolute Gasteiger partial charge is 0.132 e. The highest BCUT2D eigenvalue weighted by Gasteiger charge is 2.12. The number of aromatic amines is 1. The normalized spacial score (nSPS) is 10.9. The van der Waals surface area contributed by atoms with E-state index < -0.39 is 0 Å². The number of rotatable bonds is 6. The molecule has 0 saturated heterocycles. The van der Waals surface area contributed by atoms with Gasteiger partial charge in [0.2, 0.25) is 0 Å². The lowest BCUT2D eigenvalue weighted by Crippen LogP contribution is -1.96. The van der Waals surface area contributed by atoms with Crippen molar-refractivity contribution in [1.82, 2.24) is 19.7 Å². The molecule has 4 aromatic rings. The number of H-pyrrole nitrogens is 1. The summed E-state index contributed by atoms with van der Waals surface area (Å²) >= 11 is 0. The van der Waals surface area contributed by atoms with Crippen LogP contribution in [0.4, 0.5) is 0 Å². The number of aromatic nitrogens is 4. The third-order valence-corrected chi connectivity index (χ3v) is 3.91. The molecule has 0 unspecified atom stereocenters. The van der Waals surface area contributed by atoms with Gasteiger partial charge in [0.25, 0.3) is 0 Å². The van der Waals surface area contributed by atoms with Crippen LogP contribution < -0.4 is 0 Å². The van der Waals surface area contributed by atoms with E-state index in [1.165, 1.54) is 0 Å². The highest BCUT2D eigenvalue weighted by atomic mass is 16.5. The van der Waals surface area contributed by atoms with Gasteiger partial charge in [0.05, 0.1) is 18.0 Å². The van der Waals surface area contributed by atoms with Crippen LogP contribution in [0.3, 0.4) is 0 Å². The Labute approximate surface area is 145 Å². The second-order valence-electron chi connectivity index (χ2n) is 5.68. The van der Waals surface area contributed by atoms with Crippen LogP contribution >= 0.6 is 0 Å². The highest BCUT2D eigenvalue weighted by Crippen LogP contribution is 2.24. The molecule has 4 rings (SSSR count). The molecule has 0 atom stereocenters. The largest absolute Gasteiger partial charge is 0.369 e. The number of para-hydroxylation sites is 1. The molecule has 0 saturated carbocycles. The fourth-order valence-electron chi connectivity index (χ4n) is 2.70. The lowest BCUT2D eigenvalue weighted by molar-refractivity contribution is 0.102. The van der Waals surface area contributed by atoms with E-state index in [-0.39, 0.29) is 0 Å². The van der Waals surface area contributed by atoms with Crippen molar-refractivity contribution in [2.45, 2.75) is 13.2 Å². The summed E-state index contributed by atoms with van der Waals surface area (Å²) in [5.41, 5.74) is 4.08. The van der Waals surface area contributed by atoms with Gasteiger partial charge in [-0.3, -0.25) is 0 Å². The summed E-state index contributed by atoms with van der Waals surface area (Å²) in [4.78, 5) is 7.22. The van der Waals surface area contributed by atoms with Crippen molar-refractivity contribution < 1.29 is 4.74 Å². The van der Waals surface area contributed by atoms with Crippen molar-refractivity contribution in [3.63, 3.8) is 0 Å². The Morgan fingerprint density at radius 3 is 2.40 bits per heavy atom. The van der Waals surface area contributed by atoms with Crippen molar-refractivity contribution in [1.29, 1.82) is 0 Å². The number of nitrogens with one attached hydrogen (secondary N) is 1. The van der Waals surface area contributed by atoms with Crippen molar-refractivity contribution in [2.75, 3.05) is 0 Å². The Morgan fingerprint density at radius 1 is 0.920 bits per heavy atom. The average Bonchev–Trinajstić information content (AvgIpc) is 3.33. The molecule has 0 bridgehead atoms. The van der Waals surface area contributed by atoms with Crippen molar-refractivity contribution in [3.8, 4) is 16.9 Å². The summed E-state index contributed by atoms with van der Waals surface area (Å²) in [5, 5.41) is 4.78. The minimum atomic E-state index is 0.442. The van der Waals surface area contributed by atoms with Gasteiger partial charge >= 0.3 is 0 Å². The Kier molecular flexibility index (Phi) is 4.39. The summed E-state index contributed by atoms with van der Waals surface area (Å²) in [6.07, 6.45) is 5.54. The second-order valence-corrected chi connectivity index (χ2v) is 5.68.